The number of carbonyl (C=O) groups is 1. The van der Waals surface area contributed by atoms with Crippen molar-refractivity contribution in [1.29, 1.82) is 0 Å². The van der Waals surface area contributed by atoms with Crippen LogP contribution in [0.25, 0.3) is 0 Å². The molecule has 4 N–H and O–H groups in total. The van der Waals surface area contributed by atoms with Gasteiger partial charge in [-0.1, -0.05) is 36.7 Å². The van der Waals surface area contributed by atoms with Crippen LogP contribution in [0.5, 0.6) is 5.75 Å². The van der Waals surface area contributed by atoms with Gasteiger partial charge in [0.05, 0.1) is 12.3 Å². The summed E-state index contributed by atoms with van der Waals surface area (Å²) >= 11 is 10.8. The fraction of sp³-hybridized carbons (Fsp3) is 0.600. The van der Waals surface area contributed by atoms with Crippen molar-refractivity contribution in [1.82, 2.24) is 5.32 Å². The van der Waals surface area contributed by atoms with E-state index in [4.69, 9.17) is 27.2 Å². The second-order valence-corrected chi connectivity index (χ2v) is 16.3. The van der Waals surface area contributed by atoms with Crippen molar-refractivity contribution in [3.05, 3.63) is 70.3 Å². The number of amides is 2. The molecule has 2 aromatic rings. The first-order valence-electron chi connectivity index (χ1n) is 18.3. The molecular formula is C40H54ClF2N3NaO4S-. The Hall–Kier alpha value is -1.82. The van der Waals surface area contributed by atoms with Crippen LogP contribution in [0, 0.1) is 23.2 Å². The van der Waals surface area contributed by atoms with Crippen LogP contribution in [0.2, 0.25) is 5.02 Å². The molecule has 0 unspecified atom stereocenters. The quantitative estimate of drug-likeness (QED) is 0.0917. The normalized spacial score (nSPS) is 25.4. The van der Waals surface area contributed by atoms with Gasteiger partial charge >= 0.3 is 29.6 Å². The minimum Gasteiger partial charge on any atom is -1.00 e. The Bertz CT molecular complexity index is 1560. The first kappa shape index (κ1) is 42.9. The van der Waals surface area contributed by atoms with E-state index in [9.17, 15) is 18.4 Å². The Balaban J connectivity index is 0.000000399. The molecule has 2 amide bonds. The predicted molar refractivity (Wildman–Crippen MR) is 204 cm³/mol. The van der Waals surface area contributed by atoms with Gasteiger partial charge in [0, 0.05) is 49.0 Å². The van der Waals surface area contributed by atoms with Crippen molar-refractivity contribution in [3.8, 4) is 5.75 Å². The number of rotatable bonds is 10. The van der Waals surface area contributed by atoms with E-state index in [2.05, 4.69) is 54.1 Å². The van der Waals surface area contributed by atoms with Crippen LogP contribution in [0.3, 0.4) is 0 Å². The average Bonchev–Trinajstić information content (AvgIpc) is 3.22. The van der Waals surface area contributed by atoms with Gasteiger partial charge in [0.2, 0.25) is 11.8 Å². The van der Waals surface area contributed by atoms with Gasteiger partial charge in [0.25, 0.3) is 0 Å². The molecule has 4 aliphatic carbocycles. The fourth-order valence-corrected chi connectivity index (χ4v) is 9.26. The Morgan fingerprint density at radius 3 is 2.56 bits per heavy atom. The largest absolute Gasteiger partial charge is 1.00 e. The van der Waals surface area contributed by atoms with Crippen molar-refractivity contribution in [3.63, 3.8) is 0 Å². The Labute approximate surface area is 342 Å². The third kappa shape index (κ3) is 10.1. The number of nitrogens with two attached hydrogens (primary N) is 1. The number of aryl methyl sites for hydroxylation is 1. The van der Waals surface area contributed by atoms with Gasteiger partial charge in [-0.15, -0.1) is 0 Å². The van der Waals surface area contributed by atoms with Crippen molar-refractivity contribution in [2.75, 3.05) is 37.5 Å². The standard InChI is InChI=1S/C31H39ClN2O2S.C8H10F2NO.CH4O.Na.H/c1-21(18-37)5-2-3-6-22-8-9-25(22)17-34-19-31(14-4-7-23-15-26(32)11-12-27(23)31)20-36-29-13-10-24(30(33)35)16-28(29)34;9-8(10)3-7(4-8)1-6(2-7)11-5-12;1-2;;/h2-3,10-13,15-16,21-22,25,37H,4-9,14,17-20H2,1H3,(H2,33,35);6H,1-4H2,(H,11,12);2H,1H3;;/q;-1;;+1;-1/b3-2+;;;;/t21-,22+,25-,31-;;;;/m0..../s1. The van der Waals surface area contributed by atoms with E-state index < -0.39 is 11.8 Å². The van der Waals surface area contributed by atoms with Crippen molar-refractivity contribution < 1.29 is 59.2 Å². The number of ether oxygens (including phenoxy) is 1. The molecule has 3 saturated carbocycles. The number of allylic oxidation sites excluding steroid dienone is 2. The van der Waals surface area contributed by atoms with E-state index in [1.54, 1.807) is 12.5 Å². The van der Waals surface area contributed by atoms with Crippen molar-refractivity contribution >= 4 is 42.2 Å². The number of benzene rings is 2. The Morgan fingerprint density at radius 1 is 1.19 bits per heavy atom. The monoisotopic (exact) mass is 768 g/mol. The number of halogens is 3. The molecule has 0 bridgehead atoms. The topological polar surface area (TPSA) is 105 Å². The second kappa shape index (κ2) is 18.7. The predicted octanol–water partition coefficient (Wildman–Crippen LogP) is 4.79. The second-order valence-electron chi connectivity index (χ2n) is 15.5. The number of fused-ring (bicyclic) bond motifs is 3. The van der Waals surface area contributed by atoms with Gasteiger partial charge < -0.3 is 32.0 Å². The molecule has 2 spiro atoms. The van der Waals surface area contributed by atoms with Gasteiger partial charge in [-0.25, -0.2) is 8.78 Å². The molecule has 52 heavy (non-hydrogen) atoms. The molecule has 7 nitrogen and oxygen atoms in total. The number of aliphatic hydroxyl groups excluding tert-OH is 1. The molecule has 12 heteroatoms. The summed E-state index contributed by atoms with van der Waals surface area (Å²) in [6.07, 6.45) is 15.7. The number of thiol groups is 1. The maximum absolute atomic E-state index is 12.5. The van der Waals surface area contributed by atoms with Crippen molar-refractivity contribution in [2.45, 2.75) is 94.9 Å². The summed E-state index contributed by atoms with van der Waals surface area (Å²) in [5.41, 5.74) is 9.67. The minimum atomic E-state index is -2.43. The van der Waals surface area contributed by atoms with Crippen LogP contribution >= 0.6 is 24.2 Å². The summed E-state index contributed by atoms with van der Waals surface area (Å²) in [6.45, 7) is 4.71. The van der Waals surface area contributed by atoms with E-state index >= 15 is 0 Å². The van der Waals surface area contributed by atoms with Gasteiger partial charge in [-0.2, -0.15) is 19.0 Å². The number of anilines is 1. The molecule has 2 aromatic carbocycles. The molecule has 3 fully saturated rings. The molecule has 1 heterocycles. The van der Waals surface area contributed by atoms with E-state index in [0.29, 0.717) is 42.8 Å². The number of nitrogens with one attached hydrogen (secondary N) is 1. The summed E-state index contributed by atoms with van der Waals surface area (Å²) in [5.74, 6) is 0.881. The number of primary amides is 1. The maximum Gasteiger partial charge on any atom is 1.00 e. The zero-order chi connectivity index (χ0) is 36.8. The summed E-state index contributed by atoms with van der Waals surface area (Å²) < 4.78 is 31.5. The number of hydrogen-bond donors (Lipinski definition) is 4. The van der Waals surface area contributed by atoms with Crippen LogP contribution in [-0.4, -0.2) is 61.9 Å². The molecule has 282 valence electrons. The van der Waals surface area contributed by atoms with E-state index in [0.717, 1.165) is 74.5 Å². The molecular weight excluding hydrogens is 715 g/mol. The summed E-state index contributed by atoms with van der Waals surface area (Å²) in [6, 6.07) is 12.1. The third-order valence-corrected chi connectivity index (χ3v) is 12.6. The SMILES string of the molecule is CO.C[C@H](CS)C/C=C/C[C@@H]1CC[C@H]1CN1C[C@@]2(CCCc3cc(Cl)ccc32)COc2ccc(C(N)=O)cc21.O=[C-]NC1CC2(C1)CC(F)(F)C2.[H-].[Na+]. The molecule has 0 aromatic heterocycles. The first-order valence-corrected chi connectivity index (χ1v) is 19.3. The first-order chi connectivity index (χ1) is 24.4. The fourth-order valence-electron chi connectivity index (χ4n) is 8.92. The van der Waals surface area contributed by atoms with Crippen LogP contribution in [0.4, 0.5) is 14.5 Å². The number of hydrogen-bond acceptors (Lipinski definition) is 6. The van der Waals surface area contributed by atoms with Crippen molar-refractivity contribution in [2.24, 2.45) is 28.9 Å². The zero-order valence-corrected chi connectivity index (χ0v) is 34.5. The summed E-state index contributed by atoms with van der Waals surface area (Å²) in [5, 5.41) is 10.3. The summed E-state index contributed by atoms with van der Waals surface area (Å²) in [7, 11) is 1.00. The smallest absolute Gasteiger partial charge is 1.00 e. The van der Waals surface area contributed by atoms with Crippen LogP contribution in [-0.2, 0) is 16.6 Å². The zero-order valence-electron chi connectivity index (χ0n) is 31.8. The van der Waals surface area contributed by atoms with Crippen LogP contribution in [0.1, 0.15) is 94.0 Å². The van der Waals surface area contributed by atoms with E-state index in [-0.39, 0.29) is 60.7 Å². The molecule has 5 aliphatic rings. The number of alkyl halides is 2. The molecule has 4 atom stereocenters. The average molecular weight is 769 g/mol. The number of aliphatic hydroxyl groups is 1. The molecule has 1 aliphatic heterocycles. The van der Waals surface area contributed by atoms with Gasteiger partial charge in [-0.3, -0.25) is 4.79 Å². The van der Waals surface area contributed by atoms with E-state index in [1.807, 2.05) is 18.2 Å². The van der Waals surface area contributed by atoms with Gasteiger partial charge in [-0.05, 0) is 134 Å². The van der Waals surface area contributed by atoms with Gasteiger partial charge in [0.1, 0.15) is 5.75 Å². The van der Waals surface area contributed by atoms with Crippen LogP contribution in [0.15, 0.2) is 48.6 Å². The number of carbonyl (C=O) groups excluding carboxylic acids is 2. The Morgan fingerprint density at radius 2 is 1.92 bits per heavy atom. The summed E-state index contributed by atoms with van der Waals surface area (Å²) in [4.78, 5) is 24.4. The van der Waals surface area contributed by atoms with Gasteiger partial charge in [0.15, 0.2) is 0 Å². The van der Waals surface area contributed by atoms with Crippen LogP contribution < -0.4 is 50.2 Å². The third-order valence-electron chi connectivity index (χ3n) is 11.7. The molecule has 7 rings (SSSR count). The van der Waals surface area contributed by atoms with E-state index in [1.165, 1.54) is 24.0 Å². The minimum absolute atomic E-state index is 0. The number of nitrogens with zero attached hydrogens (tertiary/aromatic N) is 1. The Kier molecular flexibility index (Phi) is 15.4. The molecule has 0 saturated heterocycles. The maximum atomic E-state index is 12.5. The molecule has 0 radical (unpaired) electrons.